The van der Waals surface area contributed by atoms with Gasteiger partial charge in [-0.05, 0) is 31.4 Å². The molecule has 0 aliphatic carbocycles. The molecule has 5 nitrogen and oxygen atoms in total. The second kappa shape index (κ2) is 4.00. The first-order chi connectivity index (χ1) is 8.24. The summed E-state index contributed by atoms with van der Waals surface area (Å²) in [6.07, 6.45) is 4.31. The number of hydrogen-bond acceptors (Lipinski definition) is 4. The van der Waals surface area contributed by atoms with E-state index in [1.807, 2.05) is 23.8 Å². The first kappa shape index (κ1) is 10.5. The largest absolute Gasteiger partial charge is 0.376 e. The predicted molar refractivity (Wildman–Crippen MR) is 65.7 cm³/mol. The summed E-state index contributed by atoms with van der Waals surface area (Å²) in [5.41, 5.74) is 8.75. The fraction of sp³-hybridized carbons (Fsp3) is 0.500. The van der Waals surface area contributed by atoms with Gasteiger partial charge in [0.2, 0.25) is 5.95 Å². The van der Waals surface area contributed by atoms with Crippen molar-refractivity contribution < 1.29 is 4.74 Å². The van der Waals surface area contributed by atoms with Gasteiger partial charge in [-0.3, -0.25) is 4.57 Å². The predicted octanol–water partition coefficient (Wildman–Crippen LogP) is 1.50. The van der Waals surface area contributed by atoms with E-state index in [4.69, 9.17) is 10.5 Å². The molecule has 90 valence electrons. The maximum absolute atomic E-state index is 5.94. The number of aryl methyl sites for hydroxylation is 1. The van der Waals surface area contributed by atoms with E-state index in [9.17, 15) is 0 Å². The van der Waals surface area contributed by atoms with Crippen LogP contribution in [0.2, 0.25) is 0 Å². The summed E-state index contributed by atoms with van der Waals surface area (Å²) in [5, 5.41) is 0. The molecule has 1 saturated heterocycles. The molecule has 1 aliphatic heterocycles. The van der Waals surface area contributed by atoms with E-state index in [0.717, 1.165) is 42.7 Å². The molecule has 2 N–H and O–H groups in total. The Kier molecular flexibility index (Phi) is 2.48. The van der Waals surface area contributed by atoms with Gasteiger partial charge in [0.1, 0.15) is 5.52 Å². The van der Waals surface area contributed by atoms with Crippen LogP contribution in [0.5, 0.6) is 0 Å². The minimum Gasteiger partial charge on any atom is -0.376 e. The van der Waals surface area contributed by atoms with Crippen LogP contribution in [-0.4, -0.2) is 27.2 Å². The van der Waals surface area contributed by atoms with Crippen LogP contribution in [-0.2, 0) is 11.3 Å². The number of imidazole rings is 1. The van der Waals surface area contributed by atoms with E-state index >= 15 is 0 Å². The van der Waals surface area contributed by atoms with Gasteiger partial charge in [-0.2, -0.15) is 0 Å². The Balaban J connectivity index is 1.99. The van der Waals surface area contributed by atoms with Crippen LogP contribution < -0.4 is 5.73 Å². The van der Waals surface area contributed by atoms with Crippen molar-refractivity contribution in [2.24, 2.45) is 0 Å². The van der Waals surface area contributed by atoms with E-state index in [2.05, 4.69) is 9.97 Å². The molecule has 0 radical (unpaired) electrons. The van der Waals surface area contributed by atoms with Crippen molar-refractivity contribution in [1.29, 1.82) is 0 Å². The number of rotatable bonds is 2. The van der Waals surface area contributed by atoms with E-state index in [-0.39, 0.29) is 6.10 Å². The molecule has 3 rings (SSSR count). The van der Waals surface area contributed by atoms with Crippen molar-refractivity contribution in [2.45, 2.75) is 32.4 Å². The van der Waals surface area contributed by atoms with E-state index in [1.54, 1.807) is 0 Å². The molecule has 0 aromatic carbocycles. The fourth-order valence-electron chi connectivity index (χ4n) is 2.30. The number of fused-ring (bicyclic) bond motifs is 1. The summed E-state index contributed by atoms with van der Waals surface area (Å²) in [6, 6.07) is 2.00. The zero-order chi connectivity index (χ0) is 11.8. The lowest BCUT2D eigenvalue weighted by molar-refractivity contribution is 0.0982. The standard InChI is InChI=1S/C12H16N4O/c1-8-5-10-11(14-6-8)16(12(13)15-10)7-9-3-2-4-17-9/h5-6,9H,2-4,7H2,1H3,(H2,13,15). The fourth-order valence-corrected chi connectivity index (χ4v) is 2.30. The summed E-state index contributed by atoms with van der Waals surface area (Å²) >= 11 is 0. The summed E-state index contributed by atoms with van der Waals surface area (Å²) in [4.78, 5) is 8.75. The van der Waals surface area contributed by atoms with Gasteiger partial charge in [0, 0.05) is 12.8 Å². The Labute approximate surface area is 99.6 Å². The van der Waals surface area contributed by atoms with Crippen LogP contribution in [0.25, 0.3) is 11.2 Å². The zero-order valence-electron chi connectivity index (χ0n) is 9.89. The third kappa shape index (κ3) is 1.86. The molecular formula is C12H16N4O. The van der Waals surface area contributed by atoms with Crippen molar-refractivity contribution in [1.82, 2.24) is 14.5 Å². The lowest BCUT2D eigenvalue weighted by Crippen LogP contribution is -2.16. The summed E-state index contributed by atoms with van der Waals surface area (Å²) in [5.74, 6) is 0.522. The van der Waals surface area contributed by atoms with Crippen LogP contribution in [0.4, 0.5) is 5.95 Å². The van der Waals surface area contributed by atoms with Gasteiger partial charge in [-0.15, -0.1) is 0 Å². The molecule has 0 bridgehead atoms. The molecule has 2 aromatic heterocycles. The maximum Gasteiger partial charge on any atom is 0.202 e. The lowest BCUT2D eigenvalue weighted by atomic mass is 10.2. The molecule has 2 aromatic rings. The first-order valence-electron chi connectivity index (χ1n) is 5.94. The Bertz CT molecular complexity index is 543. The van der Waals surface area contributed by atoms with Crippen LogP contribution in [0, 0.1) is 6.92 Å². The SMILES string of the molecule is Cc1cnc2c(c1)nc(N)n2CC1CCCO1. The number of nitrogen functional groups attached to an aromatic ring is 1. The van der Waals surface area contributed by atoms with Gasteiger partial charge < -0.3 is 10.5 Å². The van der Waals surface area contributed by atoms with Gasteiger partial charge in [-0.25, -0.2) is 9.97 Å². The third-order valence-electron chi connectivity index (χ3n) is 3.16. The molecule has 0 spiro atoms. The molecule has 3 heterocycles. The highest BCUT2D eigenvalue weighted by Gasteiger charge is 2.19. The summed E-state index contributed by atoms with van der Waals surface area (Å²) in [6.45, 7) is 3.60. The molecule has 0 amide bonds. The number of aromatic nitrogens is 3. The highest BCUT2D eigenvalue weighted by molar-refractivity contribution is 5.74. The quantitative estimate of drug-likeness (QED) is 0.852. The van der Waals surface area contributed by atoms with Crippen LogP contribution in [0.15, 0.2) is 12.3 Å². The topological polar surface area (TPSA) is 66.0 Å². The molecule has 5 heteroatoms. The summed E-state index contributed by atoms with van der Waals surface area (Å²) < 4.78 is 7.57. The van der Waals surface area contributed by atoms with Crippen LogP contribution in [0.3, 0.4) is 0 Å². The zero-order valence-corrected chi connectivity index (χ0v) is 9.89. The molecular weight excluding hydrogens is 216 g/mol. The van der Waals surface area contributed by atoms with Gasteiger partial charge >= 0.3 is 0 Å². The molecule has 17 heavy (non-hydrogen) atoms. The normalized spacial score (nSPS) is 20.2. The number of nitrogens with zero attached hydrogens (tertiary/aromatic N) is 3. The molecule has 1 unspecified atom stereocenters. The van der Waals surface area contributed by atoms with Gasteiger partial charge in [0.05, 0.1) is 12.6 Å². The average molecular weight is 232 g/mol. The van der Waals surface area contributed by atoms with Crippen molar-refractivity contribution in [3.05, 3.63) is 17.8 Å². The second-order valence-corrected chi connectivity index (χ2v) is 4.57. The smallest absolute Gasteiger partial charge is 0.202 e. The second-order valence-electron chi connectivity index (χ2n) is 4.57. The van der Waals surface area contributed by atoms with E-state index in [1.165, 1.54) is 0 Å². The number of anilines is 1. The number of pyridine rings is 1. The Morgan fingerprint density at radius 3 is 3.24 bits per heavy atom. The Morgan fingerprint density at radius 2 is 2.47 bits per heavy atom. The highest BCUT2D eigenvalue weighted by atomic mass is 16.5. The Hall–Kier alpha value is -1.62. The Morgan fingerprint density at radius 1 is 1.59 bits per heavy atom. The summed E-state index contributed by atoms with van der Waals surface area (Å²) in [7, 11) is 0. The average Bonchev–Trinajstić information content (AvgIpc) is 2.88. The minimum absolute atomic E-state index is 0.248. The molecule has 1 fully saturated rings. The van der Waals surface area contributed by atoms with Gasteiger partial charge in [-0.1, -0.05) is 0 Å². The van der Waals surface area contributed by atoms with Gasteiger partial charge in [0.25, 0.3) is 0 Å². The monoisotopic (exact) mass is 232 g/mol. The number of ether oxygens (including phenoxy) is 1. The molecule has 1 atom stereocenters. The minimum atomic E-state index is 0.248. The van der Waals surface area contributed by atoms with E-state index < -0.39 is 0 Å². The highest BCUT2D eigenvalue weighted by Crippen LogP contribution is 2.20. The van der Waals surface area contributed by atoms with Gasteiger partial charge in [0.15, 0.2) is 5.65 Å². The molecule has 0 saturated carbocycles. The number of hydrogen-bond donors (Lipinski definition) is 1. The first-order valence-corrected chi connectivity index (χ1v) is 5.94. The van der Waals surface area contributed by atoms with Crippen molar-refractivity contribution in [3.63, 3.8) is 0 Å². The van der Waals surface area contributed by atoms with Crippen LogP contribution >= 0.6 is 0 Å². The third-order valence-corrected chi connectivity index (χ3v) is 3.16. The van der Waals surface area contributed by atoms with Crippen molar-refractivity contribution in [3.8, 4) is 0 Å². The lowest BCUT2D eigenvalue weighted by Gasteiger charge is -2.11. The van der Waals surface area contributed by atoms with Crippen molar-refractivity contribution >= 4 is 17.1 Å². The molecule has 1 aliphatic rings. The maximum atomic E-state index is 5.94. The van der Waals surface area contributed by atoms with Crippen LogP contribution in [0.1, 0.15) is 18.4 Å². The van der Waals surface area contributed by atoms with E-state index in [0.29, 0.717) is 5.95 Å². The van der Waals surface area contributed by atoms with Crippen molar-refractivity contribution in [2.75, 3.05) is 12.3 Å². The number of nitrogens with two attached hydrogens (primary N) is 1.